The van der Waals surface area contributed by atoms with Gasteiger partial charge in [0.05, 0.1) is 25.9 Å². The zero-order valence-corrected chi connectivity index (χ0v) is 18.3. The summed E-state index contributed by atoms with van der Waals surface area (Å²) in [5.41, 5.74) is 0. The number of nitrogens with zero attached hydrogens (tertiary/aromatic N) is 5. The second kappa shape index (κ2) is 11.5. The SMILES string of the molecule is CN(C)C(=O)CN=C(NCC1CCCO1)N1CCN(CC(=O)N2CCOCC2)CC1. The largest absolute Gasteiger partial charge is 0.378 e. The van der Waals surface area contributed by atoms with Gasteiger partial charge in [-0.05, 0) is 12.8 Å². The molecule has 3 fully saturated rings. The molecule has 3 heterocycles. The first-order chi connectivity index (χ1) is 14.5. The van der Waals surface area contributed by atoms with Gasteiger partial charge in [-0.3, -0.25) is 14.5 Å². The Labute approximate surface area is 179 Å². The first-order valence-electron chi connectivity index (χ1n) is 11.0. The molecule has 0 radical (unpaired) electrons. The number of amides is 2. The van der Waals surface area contributed by atoms with E-state index in [9.17, 15) is 9.59 Å². The van der Waals surface area contributed by atoms with E-state index in [1.54, 1.807) is 19.0 Å². The van der Waals surface area contributed by atoms with Crippen LogP contribution in [0.2, 0.25) is 0 Å². The minimum absolute atomic E-state index is 0.0267. The van der Waals surface area contributed by atoms with Crippen molar-refractivity contribution in [2.75, 3.05) is 92.8 Å². The average Bonchev–Trinajstić information content (AvgIpc) is 3.28. The van der Waals surface area contributed by atoms with Gasteiger partial charge < -0.3 is 29.5 Å². The highest BCUT2D eigenvalue weighted by atomic mass is 16.5. The molecule has 3 rings (SSSR count). The molecule has 0 spiro atoms. The molecule has 170 valence electrons. The first kappa shape index (κ1) is 22.8. The van der Waals surface area contributed by atoms with Crippen molar-refractivity contribution >= 4 is 17.8 Å². The molecule has 1 unspecified atom stereocenters. The number of nitrogens with one attached hydrogen (secondary N) is 1. The fourth-order valence-corrected chi connectivity index (χ4v) is 3.78. The Morgan fingerprint density at radius 3 is 2.40 bits per heavy atom. The van der Waals surface area contributed by atoms with Crippen molar-refractivity contribution in [3.63, 3.8) is 0 Å². The summed E-state index contributed by atoms with van der Waals surface area (Å²) in [7, 11) is 3.48. The molecular formula is C20H36N6O4. The van der Waals surface area contributed by atoms with E-state index in [1.807, 2.05) is 4.90 Å². The number of guanidine groups is 1. The molecule has 0 aromatic heterocycles. The third-order valence-corrected chi connectivity index (χ3v) is 5.77. The Hall–Kier alpha value is -1.91. The maximum Gasteiger partial charge on any atom is 0.243 e. The monoisotopic (exact) mass is 424 g/mol. The lowest BCUT2D eigenvalue weighted by Gasteiger charge is -2.37. The van der Waals surface area contributed by atoms with Crippen LogP contribution in [0.5, 0.6) is 0 Å². The van der Waals surface area contributed by atoms with E-state index >= 15 is 0 Å². The molecule has 3 aliphatic heterocycles. The predicted molar refractivity (Wildman–Crippen MR) is 113 cm³/mol. The highest BCUT2D eigenvalue weighted by Crippen LogP contribution is 2.11. The maximum atomic E-state index is 12.5. The zero-order valence-electron chi connectivity index (χ0n) is 18.3. The van der Waals surface area contributed by atoms with Crippen LogP contribution in [0.1, 0.15) is 12.8 Å². The Bertz CT molecular complexity index is 594. The minimum Gasteiger partial charge on any atom is -0.378 e. The van der Waals surface area contributed by atoms with Gasteiger partial charge in [0.25, 0.3) is 0 Å². The highest BCUT2D eigenvalue weighted by Gasteiger charge is 2.25. The van der Waals surface area contributed by atoms with E-state index in [-0.39, 0.29) is 24.5 Å². The van der Waals surface area contributed by atoms with E-state index in [0.29, 0.717) is 39.4 Å². The van der Waals surface area contributed by atoms with Crippen LogP contribution in [-0.2, 0) is 19.1 Å². The van der Waals surface area contributed by atoms with Gasteiger partial charge in [0.15, 0.2) is 5.96 Å². The molecular weight excluding hydrogens is 388 g/mol. The maximum absolute atomic E-state index is 12.5. The number of hydrogen-bond donors (Lipinski definition) is 1. The van der Waals surface area contributed by atoms with Crippen LogP contribution in [0.3, 0.4) is 0 Å². The molecule has 10 nitrogen and oxygen atoms in total. The lowest BCUT2D eigenvalue weighted by molar-refractivity contribution is -0.136. The average molecular weight is 425 g/mol. The lowest BCUT2D eigenvalue weighted by Crippen LogP contribution is -2.55. The van der Waals surface area contributed by atoms with Crippen LogP contribution in [0, 0.1) is 0 Å². The topological polar surface area (TPSA) is 90.0 Å². The van der Waals surface area contributed by atoms with Crippen molar-refractivity contribution in [2.24, 2.45) is 4.99 Å². The summed E-state index contributed by atoms with van der Waals surface area (Å²) in [5, 5.41) is 3.41. The molecule has 30 heavy (non-hydrogen) atoms. The Morgan fingerprint density at radius 1 is 1.03 bits per heavy atom. The standard InChI is InChI=1S/C20H36N6O4/c1-23(2)18(27)15-22-20(21-14-17-4-3-11-30-17)26-7-5-24(6-8-26)16-19(28)25-9-12-29-13-10-25/h17H,3-16H2,1-2H3,(H,21,22). The predicted octanol–water partition coefficient (Wildman–Crippen LogP) is -1.32. The normalized spacial score (nSPS) is 23.5. The first-order valence-corrected chi connectivity index (χ1v) is 11.0. The number of hydrogen-bond acceptors (Lipinski definition) is 6. The zero-order chi connectivity index (χ0) is 21.3. The van der Waals surface area contributed by atoms with Crippen molar-refractivity contribution in [3.05, 3.63) is 0 Å². The molecule has 1 atom stereocenters. The van der Waals surface area contributed by atoms with Crippen molar-refractivity contribution in [2.45, 2.75) is 18.9 Å². The van der Waals surface area contributed by atoms with Gasteiger partial charge in [-0.15, -0.1) is 0 Å². The molecule has 10 heteroatoms. The quantitative estimate of drug-likeness (QED) is 0.418. The van der Waals surface area contributed by atoms with Gasteiger partial charge in [-0.2, -0.15) is 0 Å². The smallest absolute Gasteiger partial charge is 0.243 e. The molecule has 0 bridgehead atoms. The molecule has 0 saturated carbocycles. The third-order valence-electron chi connectivity index (χ3n) is 5.77. The van der Waals surface area contributed by atoms with Crippen molar-refractivity contribution in [1.82, 2.24) is 24.9 Å². The Kier molecular flexibility index (Phi) is 8.71. The second-order valence-corrected chi connectivity index (χ2v) is 8.20. The molecule has 3 saturated heterocycles. The van der Waals surface area contributed by atoms with Crippen LogP contribution in [0.25, 0.3) is 0 Å². The Balaban J connectivity index is 1.50. The molecule has 0 aromatic rings. The molecule has 0 aromatic carbocycles. The van der Waals surface area contributed by atoms with Crippen LogP contribution < -0.4 is 5.32 Å². The summed E-state index contributed by atoms with van der Waals surface area (Å²) < 4.78 is 11.0. The van der Waals surface area contributed by atoms with Gasteiger partial charge in [0, 0.05) is 66.5 Å². The Morgan fingerprint density at radius 2 is 1.77 bits per heavy atom. The van der Waals surface area contributed by atoms with Crippen LogP contribution in [0.15, 0.2) is 4.99 Å². The van der Waals surface area contributed by atoms with E-state index in [1.165, 1.54) is 0 Å². The van der Waals surface area contributed by atoms with Gasteiger partial charge >= 0.3 is 0 Å². The highest BCUT2D eigenvalue weighted by molar-refractivity contribution is 5.85. The molecule has 3 aliphatic rings. The number of ether oxygens (including phenoxy) is 2. The summed E-state index contributed by atoms with van der Waals surface area (Å²) in [6.45, 7) is 7.82. The van der Waals surface area contributed by atoms with Crippen molar-refractivity contribution in [1.29, 1.82) is 0 Å². The number of piperazine rings is 1. The lowest BCUT2D eigenvalue weighted by atomic mass is 10.2. The van der Waals surface area contributed by atoms with Crippen LogP contribution >= 0.6 is 0 Å². The van der Waals surface area contributed by atoms with Crippen LogP contribution in [0.4, 0.5) is 0 Å². The number of aliphatic imine (C=N–C) groups is 1. The van der Waals surface area contributed by atoms with E-state index in [2.05, 4.69) is 20.1 Å². The van der Waals surface area contributed by atoms with E-state index in [4.69, 9.17) is 9.47 Å². The van der Waals surface area contributed by atoms with Crippen molar-refractivity contribution < 1.29 is 19.1 Å². The van der Waals surface area contributed by atoms with Crippen molar-refractivity contribution in [3.8, 4) is 0 Å². The van der Waals surface area contributed by atoms with Gasteiger partial charge in [-0.1, -0.05) is 0 Å². The summed E-state index contributed by atoms with van der Waals surface area (Å²) in [6, 6.07) is 0. The molecule has 1 N–H and O–H groups in total. The van der Waals surface area contributed by atoms with Crippen LogP contribution in [-0.4, -0.2) is 136 Å². The number of carbonyl (C=O) groups excluding carboxylic acids is 2. The van der Waals surface area contributed by atoms with Gasteiger partial charge in [0.1, 0.15) is 6.54 Å². The molecule has 0 aliphatic carbocycles. The summed E-state index contributed by atoms with van der Waals surface area (Å²) in [5.74, 6) is 0.898. The van der Waals surface area contributed by atoms with E-state index in [0.717, 1.165) is 51.6 Å². The minimum atomic E-state index is -0.0267. The third kappa shape index (κ3) is 6.82. The number of morpholine rings is 1. The van der Waals surface area contributed by atoms with E-state index < -0.39 is 0 Å². The number of carbonyl (C=O) groups is 2. The summed E-state index contributed by atoms with van der Waals surface area (Å²) in [4.78, 5) is 36.9. The second-order valence-electron chi connectivity index (χ2n) is 8.20. The van der Waals surface area contributed by atoms with Gasteiger partial charge in [0.2, 0.25) is 11.8 Å². The fraction of sp³-hybridized carbons (Fsp3) is 0.850. The number of rotatable bonds is 6. The summed E-state index contributed by atoms with van der Waals surface area (Å²) in [6.07, 6.45) is 2.34. The number of likely N-dealkylation sites (N-methyl/N-ethyl adjacent to an activating group) is 1. The fourth-order valence-electron chi connectivity index (χ4n) is 3.78. The summed E-state index contributed by atoms with van der Waals surface area (Å²) >= 11 is 0. The van der Waals surface area contributed by atoms with Gasteiger partial charge in [-0.25, -0.2) is 4.99 Å². The molecule has 2 amide bonds.